The van der Waals surface area contributed by atoms with E-state index in [-0.39, 0.29) is 11.8 Å². The van der Waals surface area contributed by atoms with Gasteiger partial charge in [-0.15, -0.1) is 0 Å². The molecule has 0 spiro atoms. The highest BCUT2D eigenvalue weighted by atomic mass is 16.1. The molecule has 0 saturated carbocycles. The lowest BCUT2D eigenvalue weighted by Crippen LogP contribution is -2.38. The lowest BCUT2D eigenvalue weighted by Gasteiger charge is -2.33. The maximum atomic E-state index is 11.5. The first-order valence-corrected chi connectivity index (χ1v) is 9.13. The summed E-state index contributed by atoms with van der Waals surface area (Å²) in [5.74, 6) is -0.181. The van der Waals surface area contributed by atoms with Gasteiger partial charge < -0.3 is 10.6 Å². The molecule has 1 aliphatic heterocycles. The summed E-state index contributed by atoms with van der Waals surface area (Å²) in [5.41, 5.74) is 11.0. The highest BCUT2D eigenvalue weighted by molar-refractivity contribution is 5.96. The van der Waals surface area contributed by atoms with Crippen LogP contribution in [0.25, 0.3) is 22.2 Å². The number of hydrogen-bond acceptors (Lipinski definition) is 3. The van der Waals surface area contributed by atoms with Gasteiger partial charge in [-0.25, -0.2) is 4.98 Å². The van der Waals surface area contributed by atoms with Crippen molar-refractivity contribution in [2.45, 2.75) is 19.8 Å². The summed E-state index contributed by atoms with van der Waals surface area (Å²) in [4.78, 5) is 18.8. The van der Waals surface area contributed by atoms with Crippen molar-refractivity contribution < 1.29 is 4.79 Å². The standard InChI is InChI=1S/C22H23N3O/c1-15-6-5-9-18-20(25-12-10-17(11-13-25)22(23)26)14-19(24-21(15)18)16-7-3-2-4-8-16/h2-9,14,17H,10-13H2,1H3,(H2,23,26). The van der Waals surface area contributed by atoms with Gasteiger partial charge in [-0.3, -0.25) is 4.79 Å². The second kappa shape index (κ2) is 6.79. The first-order chi connectivity index (χ1) is 12.6. The number of hydrogen-bond donors (Lipinski definition) is 1. The molecule has 0 unspecified atom stereocenters. The number of nitrogens with two attached hydrogens (primary N) is 1. The van der Waals surface area contributed by atoms with E-state index < -0.39 is 0 Å². The minimum atomic E-state index is -0.176. The van der Waals surface area contributed by atoms with Crippen LogP contribution in [0.15, 0.2) is 54.6 Å². The van der Waals surface area contributed by atoms with E-state index in [1.807, 2.05) is 18.2 Å². The van der Waals surface area contributed by atoms with Gasteiger partial charge in [-0.05, 0) is 31.4 Å². The van der Waals surface area contributed by atoms with E-state index >= 15 is 0 Å². The van der Waals surface area contributed by atoms with Crippen LogP contribution in [0.4, 0.5) is 5.69 Å². The Morgan fingerprint density at radius 3 is 2.50 bits per heavy atom. The van der Waals surface area contributed by atoms with Crippen molar-refractivity contribution in [2.24, 2.45) is 11.7 Å². The van der Waals surface area contributed by atoms with Crippen LogP contribution < -0.4 is 10.6 Å². The third-order valence-electron chi connectivity index (χ3n) is 5.33. The van der Waals surface area contributed by atoms with Crippen molar-refractivity contribution in [1.82, 2.24) is 4.98 Å². The van der Waals surface area contributed by atoms with Gasteiger partial charge in [0.2, 0.25) is 5.91 Å². The molecular weight excluding hydrogens is 322 g/mol. The fourth-order valence-corrected chi connectivity index (χ4v) is 3.80. The maximum absolute atomic E-state index is 11.5. The van der Waals surface area contributed by atoms with Gasteiger partial charge in [0.25, 0.3) is 0 Å². The number of primary amides is 1. The number of aromatic nitrogens is 1. The summed E-state index contributed by atoms with van der Waals surface area (Å²) in [6, 6.07) is 18.8. The maximum Gasteiger partial charge on any atom is 0.220 e. The molecule has 0 bridgehead atoms. The SMILES string of the molecule is Cc1cccc2c(N3CCC(C(N)=O)CC3)cc(-c3ccccc3)nc12. The van der Waals surface area contributed by atoms with Gasteiger partial charge in [-0.2, -0.15) is 0 Å². The summed E-state index contributed by atoms with van der Waals surface area (Å²) in [6.07, 6.45) is 1.62. The smallest absolute Gasteiger partial charge is 0.220 e. The molecule has 1 aromatic heterocycles. The molecule has 0 atom stereocenters. The molecule has 4 heteroatoms. The van der Waals surface area contributed by atoms with E-state index in [0.29, 0.717) is 0 Å². The predicted octanol–water partition coefficient (Wildman–Crippen LogP) is 3.91. The number of carbonyl (C=O) groups is 1. The highest BCUT2D eigenvalue weighted by Crippen LogP contribution is 2.34. The molecule has 1 fully saturated rings. The van der Waals surface area contributed by atoms with E-state index in [4.69, 9.17) is 10.7 Å². The fourth-order valence-electron chi connectivity index (χ4n) is 3.80. The largest absolute Gasteiger partial charge is 0.371 e. The van der Waals surface area contributed by atoms with E-state index in [1.54, 1.807) is 0 Å². The van der Waals surface area contributed by atoms with Gasteiger partial charge in [0.05, 0.1) is 11.2 Å². The van der Waals surface area contributed by atoms with E-state index in [1.165, 1.54) is 16.6 Å². The molecule has 132 valence electrons. The van der Waals surface area contributed by atoms with Gasteiger partial charge in [0.15, 0.2) is 0 Å². The third-order valence-corrected chi connectivity index (χ3v) is 5.33. The first-order valence-electron chi connectivity index (χ1n) is 9.13. The number of rotatable bonds is 3. The van der Waals surface area contributed by atoms with Crippen molar-refractivity contribution in [3.05, 3.63) is 60.2 Å². The molecule has 0 radical (unpaired) electrons. The number of fused-ring (bicyclic) bond motifs is 1. The number of amides is 1. The molecule has 1 saturated heterocycles. The average Bonchev–Trinajstić information content (AvgIpc) is 2.68. The van der Waals surface area contributed by atoms with E-state index in [9.17, 15) is 4.79 Å². The Morgan fingerprint density at radius 1 is 1.08 bits per heavy atom. The molecule has 2 aromatic carbocycles. The van der Waals surface area contributed by atoms with Crippen LogP contribution in [0.5, 0.6) is 0 Å². The van der Waals surface area contributed by atoms with Gasteiger partial charge in [-0.1, -0.05) is 48.5 Å². The topological polar surface area (TPSA) is 59.2 Å². The first kappa shape index (κ1) is 16.6. The summed E-state index contributed by atoms with van der Waals surface area (Å²) >= 11 is 0. The Hall–Kier alpha value is -2.88. The monoisotopic (exact) mass is 345 g/mol. The number of aryl methyl sites for hydroxylation is 1. The average molecular weight is 345 g/mol. The Labute approximate surface area is 153 Å². The van der Waals surface area contributed by atoms with Crippen LogP contribution >= 0.6 is 0 Å². The van der Waals surface area contributed by atoms with Crippen molar-refractivity contribution in [2.75, 3.05) is 18.0 Å². The fraction of sp³-hybridized carbons (Fsp3) is 0.273. The summed E-state index contributed by atoms with van der Waals surface area (Å²) < 4.78 is 0. The van der Waals surface area contributed by atoms with Gasteiger partial charge in [0, 0.05) is 35.6 Å². The lowest BCUT2D eigenvalue weighted by molar-refractivity contribution is -0.122. The number of piperidine rings is 1. The Bertz CT molecular complexity index is 944. The van der Waals surface area contributed by atoms with Crippen LogP contribution in [-0.4, -0.2) is 24.0 Å². The van der Waals surface area contributed by atoms with E-state index in [0.717, 1.165) is 42.7 Å². The zero-order valence-electron chi connectivity index (χ0n) is 15.0. The molecule has 1 aliphatic rings. The molecule has 2 N–H and O–H groups in total. The second-order valence-electron chi connectivity index (χ2n) is 7.03. The van der Waals surface area contributed by atoms with Crippen molar-refractivity contribution in [3.63, 3.8) is 0 Å². The lowest BCUT2D eigenvalue weighted by atomic mass is 9.95. The second-order valence-corrected chi connectivity index (χ2v) is 7.03. The molecular formula is C22H23N3O. The highest BCUT2D eigenvalue weighted by Gasteiger charge is 2.24. The van der Waals surface area contributed by atoms with Crippen LogP contribution in [0.1, 0.15) is 18.4 Å². The summed E-state index contributed by atoms with van der Waals surface area (Å²) in [5, 5.41) is 1.17. The Morgan fingerprint density at radius 2 is 1.81 bits per heavy atom. The molecule has 3 aromatic rings. The minimum Gasteiger partial charge on any atom is -0.371 e. The molecule has 2 heterocycles. The number of benzene rings is 2. The van der Waals surface area contributed by atoms with Crippen molar-refractivity contribution in [3.8, 4) is 11.3 Å². The zero-order chi connectivity index (χ0) is 18.1. The van der Waals surface area contributed by atoms with Crippen LogP contribution in [0.2, 0.25) is 0 Å². The number of para-hydroxylation sites is 1. The Balaban J connectivity index is 1.80. The predicted molar refractivity (Wildman–Crippen MR) is 106 cm³/mol. The quantitative estimate of drug-likeness (QED) is 0.783. The summed E-state index contributed by atoms with van der Waals surface area (Å²) in [6.45, 7) is 3.79. The van der Waals surface area contributed by atoms with Crippen LogP contribution in [0.3, 0.4) is 0 Å². The number of nitrogens with zero attached hydrogens (tertiary/aromatic N) is 2. The number of anilines is 1. The van der Waals surface area contributed by atoms with Crippen LogP contribution in [0, 0.1) is 12.8 Å². The number of pyridine rings is 1. The molecule has 1 amide bonds. The third kappa shape index (κ3) is 3.03. The zero-order valence-corrected chi connectivity index (χ0v) is 15.0. The molecule has 26 heavy (non-hydrogen) atoms. The number of carbonyl (C=O) groups excluding carboxylic acids is 1. The molecule has 0 aliphatic carbocycles. The normalized spacial score (nSPS) is 15.3. The molecule has 4 rings (SSSR count). The van der Waals surface area contributed by atoms with Crippen molar-refractivity contribution in [1.29, 1.82) is 0 Å². The minimum absolute atomic E-state index is 0.00492. The van der Waals surface area contributed by atoms with Crippen LogP contribution in [-0.2, 0) is 4.79 Å². The van der Waals surface area contributed by atoms with Gasteiger partial charge in [0.1, 0.15) is 0 Å². The van der Waals surface area contributed by atoms with E-state index in [2.05, 4.69) is 48.2 Å². The van der Waals surface area contributed by atoms with Crippen molar-refractivity contribution >= 4 is 22.5 Å². The summed E-state index contributed by atoms with van der Waals surface area (Å²) in [7, 11) is 0. The van der Waals surface area contributed by atoms with Gasteiger partial charge >= 0.3 is 0 Å². The Kier molecular flexibility index (Phi) is 4.33. The molecule has 4 nitrogen and oxygen atoms in total.